The van der Waals surface area contributed by atoms with Gasteiger partial charge in [-0.25, -0.2) is 9.97 Å². The molecule has 0 unspecified atom stereocenters. The van der Waals surface area contributed by atoms with E-state index in [0.717, 1.165) is 12.8 Å². The van der Waals surface area contributed by atoms with Crippen molar-refractivity contribution in [3.63, 3.8) is 0 Å². The van der Waals surface area contributed by atoms with Crippen LogP contribution in [0.5, 0.6) is 5.88 Å². The van der Waals surface area contributed by atoms with Crippen LogP contribution < -0.4 is 15.4 Å². The molecule has 1 aliphatic carbocycles. The highest BCUT2D eigenvalue weighted by atomic mass is 19.4. The summed E-state index contributed by atoms with van der Waals surface area (Å²) >= 11 is 0. The third-order valence-electron chi connectivity index (χ3n) is 4.13. The number of pyridine rings is 2. The Kier molecular flexibility index (Phi) is 6.00. The smallest absolute Gasteiger partial charge is 0.422 e. The van der Waals surface area contributed by atoms with Gasteiger partial charge in [0.15, 0.2) is 6.61 Å². The number of alkyl halides is 3. The van der Waals surface area contributed by atoms with Gasteiger partial charge in [-0.2, -0.15) is 13.2 Å². The van der Waals surface area contributed by atoms with Gasteiger partial charge in [-0.15, -0.1) is 0 Å². The topological polar surface area (TPSA) is 93.2 Å². The maximum absolute atomic E-state index is 12.3. The molecule has 154 valence electrons. The van der Waals surface area contributed by atoms with Crippen molar-refractivity contribution in [2.75, 3.05) is 11.9 Å². The molecule has 2 heterocycles. The first kappa shape index (κ1) is 20.6. The Morgan fingerprint density at radius 1 is 1.24 bits per heavy atom. The average Bonchev–Trinajstić information content (AvgIpc) is 3.50. The highest BCUT2D eigenvalue weighted by Crippen LogP contribution is 2.30. The molecule has 0 aromatic carbocycles. The Balaban J connectivity index is 1.56. The van der Waals surface area contributed by atoms with E-state index in [2.05, 4.69) is 25.3 Å². The zero-order chi connectivity index (χ0) is 21.0. The first-order valence-corrected chi connectivity index (χ1v) is 8.91. The third kappa shape index (κ3) is 6.16. The lowest BCUT2D eigenvalue weighted by molar-refractivity contribution is -0.154. The molecule has 0 aliphatic heterocycles. The molecule has 0 atom stereocenters. The van der Waals surface area contributed by atoms with Crippen LogP contribution in [0.4, 0.5) is 19.0 Å². The number of anilines is 1. The Morgan fingerprint density at radius 3 is 2.66 bits per heavy atom. The van der Waals surface area contributed by atoms with Gasteiger partial charge < -0.3 is 15.4 Å². The van der Waals surface area contributed by atoms with Crippen LogP contribution in [0.15, 0.2) is 30.6 Å². The predicted molar refractivity (Wildman–Crippen MR) is 97.3 cm³/mol. The lowest BCUT2D eigenvalue weighted by Gasteiger charge is -2.12. The van der Waals surface area contributed by atoms with Crippen LogP contribution in [0, 0.1) is 12.8 Å². The van der Waals surface area contributed by atoms with Crippen molar-refractivity contribution in [1.29, 1.82) is 0 Å². The van der Waals surface area contributed by atoms with Crippen LogP contribution in [0.3, 0.4) is 0 Å². The van der Waals surface area contributed by atoms with Crippen molar-refractivity contribution in [1.82, 2.24) is 15.3 Å². The summed E-state index contributed by atoms with van der Waals surface area (Å²) in [5.41, 5.74) is 1.35. The summed E-state index contributed by atoms with van der Waals surface area (Å²) in [7, 11) is 0. The van der Waals surface area contributed by atoms with E-state index in [1.165, 1.54) is 24.5 Å². The van der Waals surface area contributed by atoms with Crippen molar-refractivity contribution < 1.29 is 27.5 Å². The average molecular weight is 408 g/mol. The van der Waals surface area contributed by atoms with Gasteiger partial charge >= 0.3 is 6.18 Å². The van der Waals surface area contributed by atoms with Gasteiger partial charge in [-0.05, 0) is 43.5 Å². The fraction of sp³-hybridized carbons (Fsp3) is 0.368. The van der Waals surface area contributed by atoms with Gasteiger partial charge in [-0.3, -0.25) is 9.59 Å². The largest absolute Gasteiger partial charge is 0.468 e. The van der Waals surface area contributed by atoms with E-state index >= 15 is 0 Å². The normalized spacial score (nSPS) is 13.7. The summed E-state index contributed by atoms with van der Waals surface area (Å²) in [4.78, 5) is 32.0. The Labute approximate surface area is 164 Å². The molecule has 2 N–H and O–H groups in total. The van der Waals surface area contributed by atoms with Crippen molar-refractivity contribution in [3.05, 3.63) is 47.3 Å². The lowest BCUT2D eigenvalue weighted by atomic mass is 10.2. The number of amides is 2. The molecule has 10 heteroatoms. The number of aromatic nitrogens is 2. The van der Waals surface area contributed by atoms with E-state index in [0.29, 0.717) is 22.5 Å². The van der Waals surface area contributed by atoms with E-state index in [-0.39, 0.29) is 30.2 Å². The summed E-state index contributed by atoms with van der Waals surface area (Å²) in [5.74, 6) is -0.275. The van der Waals surface area contributed by atoms with Gasteiger partial charge in [0.2, 0.25) is 11.8 Å². The van der Waals surface area contributed by atoms with E-state index in [9.17, 15) is 22.8 Å². The van der Waals surface area contributed by atoms with Crippen LogP contribution >= 0.6 is 0 Å². The number of hydrogen-bond acceptors (Lipinski definition) is 5. The zero-order valence-electron chi connectivity index (χ0n) is 15.5. The third-order valence-corrected chi connectivity index (χ3v) is 4.13. The van der Waals surface area contributed by atoms with Gasteiger partial charge in [0.1, 0.15) is 5.82 Å². The molecule has 0 radical (unpaired) electrons. The summed E-state index contributed by atoms with van der Waals surface area (Å²) < 4.78 is 41.4. The van der Waals surface area contributed by atoms with Crippen LogP contribution in [0.1, 0.15) is 34.3 Å². The Hall–Kier alpha value is -3.17. The zero-order valence-corrected chi connectivity index (χ0v) is 15.5. The number of nitrogens with one attached hydrogen (secondary N) is 2. The van der Waals surface area contributed by atoms with Crippen molar-refractivity contribution in [2.24, 2.45) is 5.92 Å². The minimum atomic E-state index is -4.44. The number of ether oxygens (including phenoxy) is 1. The minimum absolute atomic E-state index is 0.0214. The molecule has 0 spiro atoms. The molecule has 2 aromatic heterocycles. The number of aryl methyl sites for hydroxylation is 1. The van der Waals surface area contributed by atoms with Crippen LogP contribution in [0.2, 0.25) is 0 Å². The molecular weight excluding hydrogens is 389 g/mol. The number of nitrogens with zero attached hydrogens (tertiary/aromatic N) is 2. The maximum Gasteiger partial charge on any atom is 0.422 e. The highest BCUT2D eigenvalue weighted by molar-refractivity contribution is 5.97. The second-order valence-electron chi connectivity index (χ2n) is 6.75. The standard InChI is InChI=1S/C19H19F3N4O3/c1-11-6-12(9-25-18(11)29-10-19(20,21)22)8-24-16(27)14-4-5-23-15(7-14)26-17(28)13-2-3-13/h4-7,9,13H,2-3,8,10H2,1H3,(H,24,27)(H,23,26,28). The fourth-order valence-electron chi connectivity index (χ4n) is 2.52. The molecule has 2 aromatic rings. The summed E-state index contributed by atoms with van der Waals surface area (Å²) in [6, 6.07) is 4.58. The molecule has 0 saturated heterocycles. The van der Waals surface area contributed by atoms with Crippen LogP contribution in [-0.2, 0) is 11.3 Å². The number of hydrogen-bond donors (Lipinski definition) is 2. The van der Waals surface area contributed by atoms with Crippen molar-refractivity contribution >= 4 is 17.6 Å². The van der Waals surface area contributed by atoms with E-state index in [4.69, 9.17) is 0 Å². The van der Waals surface area contributed by atoms with Crippen LogP contribution in [0.25, 0.3) is 0 Å². The highest BCUT2D eigenvalue weighted by Gasteiger charge is 2.30. The van der Waals surface area contributed by atoms with Gasteiger partial charge in [-0.1, -0.05) is 0 Å². The van der Waals surface area contributed by atoms with Gasteiger partial charge in [0, 0.05) is 36.0 Å². The van der Waals surface area contributed by atoms with E-state index in [1.807, 2.05) is 0 Å². The number of halogens is 3. The lowest BCUT2D eigenvalue weighted by Crippen LogP contribution is -2.23. The van der Waals surface area contributed by atoms with Gasteiger partial charge in [0.05, 0.1) is 0 Å². The molecule has 1 fully saturated rings. The predicted octanol–water partition coefficient (Wildman–Crippen LogP) is 3.00. The van der Waals surface area contributed by atoms with E-state index < -0.39 is 12.8 Å². The molecule has 1 saturated carbocycles. The van der Waals surface area contributed by atoms with Crippen LogP contribution in [-0.4, -0.2) is 34.6 Å². The first-order valence-electron chi connectivity index (χ1n) is 8.91. The maximum atomic E-state index is 12.3. The minimum Gasteiger partial charge on any atom is -0.468 e. The summed E-state index contributed by atoms with van der Waals surface area (Å²) in [5, 5.41) is 5.37. The SMILES string of the molecule is Cc1cc(CNC(=O)c2ccnc(NC(=O)C3CC3)c2)cnc1OCC(F)(F)F. The van der Waals surface area contributed by atoms with Gasteiger partial charge in [0.25, 0.3) is 5.91 Å². The molecule has 2 amide bonds. The summed E-state index contributed by atoms with van der Waals surface area (Å²) in [6.07, 6.45) is 0.0457. The molecule has 3 rings (SSSR count). The summed E-state index contributed by atoms with van der Waals surface area (Å²) in [6.45, 7) is 0.276. The molecule has 0 bridgehead atoms. The Bertz CT molecular complexity index is 914. The molecule has 29 heavy (non-hydrogen) atoms. The molecule has 1 aliphatic rings. The number of carbonyl (C=O) groups excluding carboxylic acids is 2. The Morgan fingerprint density at radius 2 is 2.00 bits per heavy atom. The van der Waals surface area contributed by atoms with Crippen molar-refractivity contribution in [2.45, 2.75) is 32.5 Å². The molecule has 7 nitrogen and oxygen atoms in total. The van der Waals surface area contributed by atoms with Crippen molar-refractivity contribution in [3.8, 4) is 5.88 Å². The quantitative estimate of drug-likeness (QED) is 0.735. The monoisotopic (exact) mass is 408 g/mol. The van der Waals surface area contributed by atoms with E-state index in [1.54, 1.807) is 13.0 Å². The molecular formula is C19H19F3N4O3. The second-order valence-corrected chi connectivity index (χ2v) is 6.75. The first-order chi connectivity index (χ1) is 13.7. The number of carbonyl (C=O) groups is 2. The second kappa shape index (κ2) is 8.46. The number of rotatable bonds is 7. The fourth-order valence-corrected chi connectivity index (χ4v) is 2.52.